The van der Waals surface area contributed by atoms with Gasteiger partial charge in [0.1, 0.15) is 0 Å². The molecule has 0 amide bonds. The third-order valence-electron chi connectivity index (χ3n) is 12.4. The van der Waals surface area contributed by atoms with Gasteiger partial charge in [-0.2, -0.15) is 0 Å². The van der Waals surface area contributed by atoms with Crippen LogP contribution in [0.15, 0.2) is 128 Å². The number of ketones is 2. The number of methoxy groups -OCH3 is 2. The Balaban J connectivity index is 2.30. The minimum absolute atomic E-state index is 0.00618. The number of Topliss-reactive ketones (excluding diaryl/α,β-unsaturated/α-hetero) is 2. The number of carbonyl (C=O) groups excluding carboxylic acids is 2. The van der Waals surface area contributed by atoms with E-state index in [1.807, 2.05) is 0 Å². The van der Waals surface area contributed by atoms with Crippen molar-refractivity contribution in [2.45, 2.75) is 212 Å². The van der Waals surface area contributed by atoms with Gasteiger partial charge in [0, 0.05) is 11.1 Å². The molecule has 0 bridgehead atoms. The maximum Gasteiger partial charge on any atom is 0.228 e. The summed E-state index contributed by atoms with van der Waals surface area (Å²) in [5.41, 5.74) is 14.1. The standard InChI is InChI=1S/C59H92O4/c1-44(2)24-15-25-45(3)26-16-27-46(4)28-17-29-47(5)30-18-31-48(6)32-19-33-49(7)34-20-35-50(8)36-21-37-51(9)38-22-39-52(10)40-23-41-53(11)42-43-55-54(12)56(60)58(62-13)59(63-14)57(55)61/h26,28,30,32,34,36,38,40,42,44H,15-25,27,29,31,33,35,37,39,41,43H2,1-14H3. The van der Waals surface area contributed by atoms with E-state index in [1.54, 1.807) is 12.5 Å². The van der Waals surface area contributed by atoms with Crippen LogP contribution in [0.3, 0.4) is 0 Å². The molecule has 352 valence electrons. The first kappa shape index (κ1) is 57.1. The van der Waals surface area contributed by atoms with Crippen molar-refractivity contribution in [2.75, 3.05) is 14.2 Å². The number of allylic oxidation sites excluding steroid dienone is 20. The summed E-state index contributed by atoms with van der Waals surface area (Å²) in [6, 6.07) is 0. The summed E-state index contributed by atoms with van der Waals surface area (Å²) in [4.78, 5) is 25.5. The molecule has 0 unspecified atom stereocenters. The van der Waals surface area contributed by atoms with Crippen LogP contribution in [0.4, 0.5) is 0 Å². The van der Waals surface area contributed by atoms with Crippen LogP contribution in [-0.4, -0.2) is 25.8 Å². The maximum absolute atomic E-state index is 12.9. The van der Waals surface area contributed by atoms with Crippen LogP contribution in [0, 0.1) is 5.92 Å². The van der Waals surface area contributed by atoms with E-state index < -0.39 is 0 Å². The normalized spacial score (nSPS) is 16.1. The van der Waals surface area contributed by atoms with Crippen LogP contribution < -0.4 is 0 Å². The van der Waals surface area contributed by atoms with Crippen LogP contribution in [-0.2, 0) is 19.1 Å². The number of carbonyl (C=O) groups is 2. The van der Waals surface area contributed by atoms with Crippen molar-refractivity contribution < 1.29 is 19.1 Å². The number of hydrogen-bond donors (Lipinski definition) is 0. The molecule has 0 aliphatic heterocycles. The molecule has 1 aliphatic rings. The molecule has 0 fully saturated rings. The van der Waals surface area contributed by atoms with Crippen LogP contribution in [0.2, 0.25) is 0 Å². The average Bonchev–Trinajstić information content (AvgIpc) is 3.21. The Kier molecular flexibility index (Phi) is 30.4. The van der Waals surface area contributed by atoms with Crippen molar-refractivity contribution in [3.05, 3.63) is 128 Å². The molecule has 63 heavy (non-hydrogen) atoms. The van der Waals surface area contributed by atoms with Crippen LogP contribution in [0.5, 0.6) is 0 Å². The Morgan fingerprint density at radius 3 is 0.937 bits per heavy atom. The monoisotopic (exact) mass is 865 g/mol. The quantitative estimate of drug-likeness (QED) is 0.0499. The van der Waals surface area contributed by atoms with E-state index in [4.69, 9.17) is 9.47 Å². The fourth-order valence-corrected chi connectivity index (χ4v) is 7.79. The third-order valence-corrected chi connectivity index (χ3v) is 12.4. The Labute approximate surface area is 388 Å². The average molecular weight is 865 g/mol. The molecule has 0 saturated heterocycles. The minimum atomic E-state index is -0.283. The molecule has 4 heteroatoms. The molecule has 0 heterocycles. The highest BCUT2D eigenvalue weighted by Gasteiger charge is 2.34. The molecule has 0 saturated carbocycles. The highest BCUT2D eigenvalue weighted by Crippen LogP contribution is 2.28. The molecule has 0 N–H and O–H groups in total. The molecular formula is C59H92O4. The van der Waals surface area contributed by atoms with Crippen molar-refractivity contribution in [1.82, 2.24) is 0 Å². The molecule has 4 nitrogen and oxygen atoms in total. The van der Waals surface area contributed by atoms with E-state index in [1.165, 1.54) is 97.3 Å². The van der Waals surface area contributed by atoms with Crippen LogP contribution in [0.1, 0.15) is 212 Å². The van der Waals surface area contributed by atoms with Gasteiger partial charge in [-0.05, 0) is 197 Å². The number of ether oxygens (including phenoxy) is 2. The first-order chi connectivity index (χ1) is 30.0. The first-order valence-corrected chi connectivity index (χ1v) is 24.5. The van der Waals surface area contributed by atoms with Crippen molar-refractivity contribution in [2.24, 2.45) is 5.92 Å². The van der Waals surface area contributed by atoms with Crippen molar-refractivity contribution in [1.29, 1.82) is 0 Å². The lowest BCUT2D eigenvalue weighted by Crippen LogP contribution is -2.24. The molecule has 0 spiro atoms. The van der Waals surface area contributed by atoms with E-state index >= 15 is 0 Å². The number of hydrogen-bond acceptors (Lipinski definition) is 4. The van der Waals surface area contributed by atoms with E-state index in [-0.39, 0.29) is 23.1 Å². The van der Waals surface area contributed by atoms with Crippen molar-refractivity contribution in [3.8, 4) is 0 Å². The lowest BCUT2D eigenvalue weighted by atomic mass is 9.90. The van der Waals surface area contributed by atoms with Crippen LogP contribution in [0.25, 0.3) is 0 Å². The second kappa shape index (κ2) is 33.6. The van der Waals surface area contributed by atoms with Gasteiger partial charge in [-0.15, -0.1) is 0 Å². The molecule has 1 aliphatic carbocycles. The molecule has 0 aromatic carbocycles. The SMILES string of the molecule is COC1=C(OC)C(=O)C(CC=C(C)CCC=C(C)CCC=C(C)CCC=C(C)CCC=C(C)CCC=C(C)CCC=C(C)CCC=C(C)CCC=C(C)CCCC(C)C)=C(C)C1=O. The molecule has 0 aromatic heterocycles. The third kappa shape index (κ3) is 26.5. The second-order valence-corrected chi connectivity index (χ2v) is 19.1. The Morgan fingerprint density at radius 2 is 0.667 bits per heavy atom. The zero-order chi connectivity index (χ0) is 47.2. The summed E-state index contributed by atoms with van der Waals surface area (Å²) in [5.74, 6) is 0.244. The molecular weight excluding hydrogens is 773 g/mol. The van der Waals surface area contributed by atoms with E-state index in [9.17, 15) is 9.59 Å². The summed E-state index contributed by atoms with van der Waals surface area (Å²) in [6.45, 7) is 26.7. The largest absolute Gasteiger partial charge is 0.489 e. The summed E-state index contributed by atoms with van der Waals surface area (Å²) < 4.78 is 10.3. The first-order valence-electron chi connectivity index (χ1n) is 24.5. The van der Waals surface area contributed by atoms with Gasteiger partial charge in [0.25, 0.3) is 0 Å². The number of rotatable bonds is 32. The summed E-state index contributed by atoms with van der Waals surface area (Å²) in [6.07, 6.45) is 43.6. The van der Waals surface area contributed by atoms with Gasteiger partial charge >= 0.3 is 0 Å². The molecule has 0 aromatic rings. The maximum atomic E-state index is 12.9. The smallest absolute Gasteiger partial charge is 0.228 e. The highest BCUT2D eigenvalue weighted by molar-refractivity contribution is 6.23. The zero-order valence-electron chi connectivity index (χ0n) is 43.0. The fraction of sp³-hybridized carbons (Fsp3) is 0.593. The Hall–Kier alpha value is -3.92. The Morgan fingerprint density at radius 1 is 0.413 bits per heavy atom. The van der Waals surface area contributed by atoms with Crippen molar-refractivity contribution in [3.63, 3.8) is 0 Å². The predicted octanol–water partition coefficient (Wildman–Crippen LogP) is 17.9. The van der Waals surface area contributed by atoms with Gasteiger partial charge in [0.2, 0.25) is 23.1 Å². The lowest BCUT2D eigenvalue weighted by molar-refractivity contribution is -0.121. The van der Waals surface area contributed by atoms with Gasteiger partial charge in [0.05, 0.1) is 14.2 Å². The highest BCUT2D eigenvalue weighted by atomic mass is 16.5. The van der Waals surface area contributed by atoms with Gasteiger partial charge in [-0.3, -0.25) is 9.59 Å². The molecule has 1 rings (SSSR count). The molecule has 0 atom stereocenters. The van der Waals surface area contributed by atoms with Gasteiger partial charge in [0.15, 0.2) is 0 Å². The zero-order valence-corrected chi connectivity index (χ0v) is 43.0. The summed E-state index contributed by atoms with van der Waals surface area (Å²) >= 11 is 0. The molecule has 0 radical (unpaired) electrons. The Bertz CT molecular complexity index is 1780. The predicted molar refractivity (Wildman–Crippen MR) is 275 cm³/mol. The lowest BCUT2D eigenvalue weighted by Gasteiger charge is -2.19. The van der Waals surface area contributed by atoms with Crippen molar-refractivity contribution >= 4 is 11.6 Å². The van der Waals surface area contributed by atoms with Gasteiger partial charge < -0.3 is 9.47 Å². The van der Waals surface area contributed by atoms with Gasteiger partial charge in [-0.25, -0.2) is 0 Å². The van der Waals surface area contributed by atoms with Crippen LogP contribution >= 0.6 is 0 Å². The minimum Gasteiger partial charge on any atom is -0.489 e. The van der Waals surface area contributed by atoms with E-state index in [0.29, 0.717) is 17.6 Å². The fourth-order valence-electron chi connectivity index (χ4n) is 7.79. The van der Waals surface area contributed by atoms with E-state index in [0.717, 1.165) is 89.4 Å². The van der Waals surface area contributed by atoms with E-state index in [2.05, 4.69) is 131 Å². The second-order valence-electron chi connectivity index (χ2n) is 19.1. The topological polar surface area (TPSA) is 52.6 Å². The van der Waals surface area contributed by atoms with Gasteiger partial charge in [-0.1, -0.05) is 125 Å². The summed E-state index contributed by atoms with van der Waals surface area (Å²) in [5, 5.41) is 0. The summed E-state index contributed by atoms with van der Waals surface area (Å²) in [7, 11) is 2.78.